The van der Waals surface area contributed by atoms with Gasteiger partial charge in [0.05, 0.1) is 12.4 Å². The molecule has 3 heterocycles. The van der Waals surface area contributed by atoms with E-state index in [1.54, 1.807) is 5.01 Å². The monoisotopic (exact) mass is 327 g/mol. The maximum absolute atomic E-state index is 12.8. The number of hydrazine groups is 1. The molecule has 7 heteroatoms. The second-order valence-electron chi connectivity index (χ2n) is 6.62. The molecule has 1 saturated heterocycles. The van der Waals surface area contributed by atoms with Gasteiger partial charge in [-0.25, -0.2) is 10.4 Å². The highest BCUT2D eigenvalue weighted by Gasteiger charge is 2.38. The number of nitrogens with one attached hydrogen (secondary N) is 4. The number of amides is 2. The number of rotatable bonds is 2. The van der Waals surface area contributed by atoms with Gasteiger partial charge in [0.15, 0.2) is 6.29 Å². The van der Waals surface area contributed by atoms with Crippen LogP contribution in [-0.4, -0.2) is 29.8 Å². The van der Waals surface area contributed by atoms with Crippen LogP contribution in [0.1, 0.15) is 31.4 Å². The Bertz CT molecular complexity index is 755. The van der Waals surface area contributed by atoms with Gasteiger partial charge in [0, 0.05) is 17.7 Å². The number of carbonyl (C=O) groups is 2. The molecule has 3 aliphatic heterocycles. The number of anilines is 1. The molecule has 126 valence electrons. The van der Waals surface area contributed by atoms with Crippen molar-refractivity contribution < 1.29 is 9.59 Å². The molecule has 24 heavy (non-hydrogen) atoms. The fourth-order valence-corrected chi connectivity index (χ4v) is 3.48. The predicted octanol–water partition coefficient (Wildman–Crippen LogP) is 0.719. The highest BCUT2D eigenvalue weighted by atomic mass is 16.2. The maximum Gasteiger partial charge on any atom is 0.269 e. The van der Waals surface area contributed by atoms with Gasteiger partial charge in [-0.1, -0.05) is 19.9 Å². The summed E-state index contributed by atoms with van der Waals surface area (Å²) in [5.41, 5.74) is 7.64. The minimum Gasteiger partial charge on any atom is -0.351 e. The number of carbonyl (C=O) groups excluding carboxylic acids is 2. The molecule has 1 fully saturated rings. The van der Waals surface area contributed by atoms with Crippen LogP contribution in [0.2, 0.25) is 0 Å². The van der Waals surface area contributed by atoms with Crippen LogP contribution in [0.15, 0.2) is 23.8 Å². The molecule has 0 radical (unpaired) electrons. The number of benzene rings is 1. The van der Waals surface area contributed by atoms with Crippen LogP contribution in [0.4, 0.5) is 5.69 Å². The lowest BCUT2D eigenvalue weighted by molar-refractivity contribution is -0.132. The lowest BCUT2D eigenvalue weighted by Gasteiger charge is -2.35. The van der Waals surface area contributed by atoms with Crippen molar-refractivity contribution in [2.24, 2.45) is 5.92 Å². The first-order valence-electron chi connectivity index (χ1n) is 8.29. The van der Waals surface area contributed by atoms with E-state index in [9.17, 15) is 9.59 Å². The standard InChI is InChI=1S/C17H21N5O2/c1-9(2)14-15(21-17-18-8-19-22(17)16(14)24)11-3-5-12-10(7-11)4-6-13(23)20-12/h3,5,7,9,17-19,21H,4,6,8H2,1-2H3,(H,20,23). The molecule has 1 atom stereocenters. The molecule has 0 saturated carbocycles. The molecule has 1 unspecified atom stereocenters. The third-order valence-electron chi connectivity index (χ3n) is 4.67. The molecule has 0 aliphatic carbocycles. The molecule has 0 bridgehead atoms. The van der Waals surface area contributed by atoms with Gasteiger partial charge < -0.3 is 10.6 Å². The van der Waals surface area contributed by atoms with Gasteiger partial charge in [-0.05, 0) is 35.6 Å². The van der Waals surface area contributed by atoms with Gasteiger partial charge in [-0.3, -0.25) is 14.9 Å². The van der Waals surface area contributed by atoms with Crippen LogP contribution in [0.5, 0.6) is 0 Å². The third kappa shape index (κ3) is 2.37. The highest BCUT2D eigenvalue weighted by molar-refractivity contribution is 6.03. The lowest BCUT2D eigenvalue weighted by Crippen LogP contribution is -2.56. The van der Waals surface area contributed by atoms with Gasteiger partial charge >= 0.3 is 0 Å². The largest absolute Gasteiger partial charge is 0.351 e. The number of fused-ring (bicyclic) bond motifs is 2. The zero-order valence-electron chi connectivity index (χ0n) is 13.8. The molecule has 2 amide bonds. The van der Waals surface area contributed by atoms with Gasteiger partial charge in [-0.15, -0.1) is 0 Å². The normalized spacial score (nSPS) is 23.1. The number of hydrogen-bond acceptors (Lipinski definition) is 5. The van der Waals surface area contributed by atoms with Crippen molar-refractivity contribution in [3.05, 3.63) is 34.9 Å². The van der Waals surface area contributed by atoms with Gasteiger partial charge in [-0.2, -0.15) is 0 Å². The second-order valence-corrected chi connectivity index (χ2v) is 6.62. The molecule has 7 nitrogen and oxygen atoms in total. The van der Waals surface area contributed by atoms with E-state index in [0.717, 1.165) is 34.5 Å². The number of aryl methyl sites for hydroxylation is 1. The van der Waals surface area contributed by atoms with E-state index in [2.05, 4.69) is 27.4 Å². The van der Waals surface area contributed by atoms with Gasteiger partial charge in [0.2, 0.25) is 5.91 Å². The minimum absolute atomic E-state index is 0.000210. The summed E-state index contributed by atoms with van der Waals surface area (Å²) in [6.45, 7) is 4.60. The Labute approximate surface area is 140 Å². The van der Waals surface area contributed by atoms with Gasteiger partial charge in [0.1, 0.15) is 0 Å². The van der Waals surface area contributed by atoms with Crippen LogP contribution < -0.4 is 21.4 Å². The fourth-order valence-electron chi connectivity index (χ4n) is 3.48. The van der Waals surface area contributed by atoms with Crippen molar-refractivity contribution in [2.45, 2.75) is 33.0 Å². The Balaban J connectivity index is 1.78. The molecule has 0 aromatic heterocycles. The molecule has 4 rings (SSSR count). The van der Waals surface area contributed by atoms with Gasteiger partial charge in [0.25, 0.3) is 5.91 Å². The van der Waals surface area contributed by atoms with E-state index in [-0.39, 0.29) is 24.0 Å². The van der Waals surface area contributed by atoms with Crippen molar-refractivity contribution in [1.82, 2.24) is 21.1 Å². The quantitative estimate of drug-likeness (QED) is 0.643. The molecule has 0 spiro atoms. The minimum atomic E-state index is -0.245. The molecular weight excluding hydrogens is 306 g/mol. The van der Waals surface area contributed by atoms with Crippen molar-refractivity contribution in [3.63, 3.8) is 0 Å². The summed E-state index contributed by atoms with van der Waals surface area (Å²) in [5.74, 6) is 0.152. The molecule has 3 aliphatic rings. The maximum atomic E-state index is 12.8. The lowest BCUT2D eigenvalue weighted by atomic mass is 9.92. The first-order chi connectivity index (χ1) is 11.5. The average molecular weight is 327 g/mol. The molecule has 4 N–H and O–H groups in total. The van der Waals surface area contributed by atoms with E-state index in [0.29, 0.717) is 13.1 Å². The third-order valence-corrected chi connectivity index (χ3v) is 4.67. The Morgan fingerprint density at radius 2 is 2.04 bits per heavy atom. The smallest absolute Gasteiger partial charge is 0.269 e. The fraction of sp³-hybridized carbons (Fsp3) is 0.412. The summed E-state index contributed by atoms with van der Waals surface area (Å²) in [6.07, 6.45) is 0.981. The Hall–Kier alpha value is -2.38. The zero-order chi connectivity index (χ0) is 16.8. The van der Waals surface area contributed by atoms with E-state index in [1.165, 1.54) is 0 Å². The first-order valence-corrected chi connectivity index (χ1v) is 8.29. The summed E-state index contributed by atoms with van der Waals surface area (Å²) >= 11 is 0. The Morgan fingerprint density at radius 1 is 1.21 bits per heavy atom. The Kier molecular flexibility index (Phi) is 3.54. The number of hydrogen-bond donors (Lipinski definition) is 4. The average Bonchev–Trinajstić information content (AvgIpc) is 3.02. The van der Waals surface area contributed by atoms with E-state index in [1.807, 2.05) is 26.0 Å². The summed E-state index contributed by atoms with van der Waals surface area (Å²) in [7, 11) is 0. The van der Waals surface area contributed by atoms with Crippen molar-refractivity contribution in [2.75, 3.05) is 12.0 Å². The molecule has 1 aromatic carbocycles. The highest BCUT2D eigenvalue weighted by Crippen LogP contribution is 2.32. The first kappa shape index (κ1) is 15.2. The second kappa shape index (κ2) is 5.61. The molecule has 1 aromatic rings. The molecular formula is C17H21N5O2. The Morgan fingerprint density at radius 3 is 2.83 bits per heavy atom. The van der Waals surface area contributed by atoms with Crippen LogP contribution in [0.25, 0.3) is 5.70 Å². The van der Waals surface area contributed by atoms with Crippen molar-refractivity contribution >= 4 is 23.2 Å². The van der Waals surface area contributed by atoms with Crippen molar-refractivity contribution in [1.29, 1.82) is 0 Å². The zero-order valence-corrected chi connectivity index (χ0v) is 13.8. The summed E-state index contributed by atoms with van der Waals surface area (Å²) in [6, 6.07) is 5.96. The number of nitrogens with zero attached hydrogens (tertiary/aromatic N) is 1. The van der Waals surface area contributed by atoms with Crippen LogP contribution in [0.3, 0.4) is 0 Å². The van der Waals surface area contributed by atoms with Crippen LogP contribution >= 0.6 is 0 Å². The SMILES string of the molecule is CC(C)C1=C(c2ccc3c(c2)CCC(=O)N3)NC2NCNN2C1=O. The topological polar surface area (TPSA) is 85.5 Å². The summed E-state index contributed by atoms with van der Waals surface area (Å²) in [5, 5.41) is 11.1. The van der Waals surface area contributed by atoms with Crippen LogP contribution in [-0.2, 0) is 16.0 Å². The van der Waals surface area contributed by atoms with Crippen LogP contribution in [0, 0.1) is 5.92 Å². The van der Waals surface area contributed by atoms with E-state index < -0.39 is 0 Å². The van der Waals surface area contributed by atoms with E-state index >= 15 is 0 Å². The van der Waals surface area contributed by atoms with Crippen molar-refractivity contribution in [3.8, 4) is 0 Å². The summed E-state index contributed by atoms with van der Waals surface area (Å²) < 4.78 is 0. The van der Waals surface area contributed by atoms with E-state index in [4.69, 9.17) is 0 Å². The summed E-state index contributed by atoms with van der Waals surface area (Å²) in [4.78, 5) is 24.4. The predicted molar refractivity (Wildman–Crippen MR) is 90.1 cm³/mol.